The van der Waals surface area contributed by atoms with E-state index in [1.807, 2.05) is 0 Å². The Hall–Kier alpha value is 0.340. The van der Waals surface area contributed by atoms with Crippen LogP contribution in [-0.2, 0) is 9.59 Å². The van der Waals surface area contributed by atoms with E-state index in [1.54, 1.807) is 6.29 Å². The summed E-state index contributed by atoms with van der Waals surface area (Å²) in [7, 11) is 0. The van der Waals surface area contributed by atoms with Crippen LogP contribution in [0.3, 0.4) is 0 Å². The first-order valence-corrected chi connectivity index (χ1v) is 3.62. The molecule has 0 aromatic carbocycles. The van der Waals surface area contributed by atoms with Gasteiger partial charge in [0.1, 0.15) is 0 Å². The summed E-state index contributed by atoms with van der Waals surface area (Å²) in [5.74, 6) is 0. The second-order valence-electron chi connectivity index (χ2n) is 1.70. The van der Waals surface area contributed by atoms with Gasteiger partial charge in [-0.25, -0.2) is 0 Å². The third kappa shape index (κ3) is 6.34. The van der Waals surface area contributed by atoms with Crippen LogP contribution in [0, 0.1) is 0 Å². The van der Waals surface area contributed by atoms with Crippen molar-refractivity contribution in [1.29, 1.82) is 0 Å². The van der Waals surface area contributed by atoms with Gasteiger partial charge in [0.2, 0.25) is 0 Å². The van der Waals surface area contributed by atoms with Gasteiger partial charge in [0.25, 0.3) is 0 Å². The van der Waals surface area contributed by atoms with E-state index in [2.05, 4.69) is 0 Å². The van der Waals surface area contributed by atoms with E-state index in [9.17, 15) is 9.59 Å². The number of unbranched alkanes of at least 4 members (excludes halogenated alkanes) is 1. The van der Waals surface area contributed by atoms with E-state index in [1.165, 1.54) is 0 Å². The summed E-state index contributed by atoms with van der Waals surface area (Å²) in [6.07, 6.45) is 3.40. The van der Waals surface area contributed by atoms with Gasteiger partial charge in [0.05, 0.1) is 0 Å². The summed E-state index contributed by atoms with van der Waals surface area (Å²) in [6.45, 7) is 0. The predicted octanol–water partition coefficient (Wildman–Crippen LogP) is -0.0385. The van der Waals surface area contributed by atoms with E-state index < -0.39 is 0 Å². The van der Waals surface area contributed by atoms with Crippen LogP contribution in [0.15, 0.2) is 0 Å². The Balaban J connectivity index is 2.93. The molecule has 0 aliphatic carbocycles. The van der Waals surface area contributed by atoms with E-state index in [0.717, 1.165) is 0 Å². The molecule has 0 saturated carbocycles. The van der Waals surface area contributed by atoms with Crippen LogP contribution in [-0.4, -0.2) is 37.2 Å². The molecule has 0 aromatic heterocycles. The number of hydrogen-bond donors (Lipinski definition) is 0. The molecule has 0 bridgehead atoms. The standard InChI is InChI=1S/C5H6O2.Na/c6-4-2-1-3-5-7;/h1-3H2;. The summed E-state index contributed by atoms with van der Waals surface area (Å²) < 4.78 is 0.278. The first-order chi connectivity index (χ1) is 3.77. The molecular formula is C5H6NaO2. The quantitative estimate of drug-likeness (QED) is 0.386. The predicted molar refractivity (Wildman–Crippen MR) is 30.3 cm³/mol. The van der Waals surface area contributed by atoms with Crippen LogP contribution < -0.4 is 0 Å². The molecule has 0 aliphatic rings. The van der Waals surface area contributed by atoms with Crippen molar-refractivity contribution < 1.29 is 9.59 Å². The van der Waals surface area contributed by atoms with Crippen LogP contribution >= 0.6 is 0 Å². The number of rotatable bonds is 4. The molecule has 39 valence electrons. The summed E-state index contributed by atoms with van der Waals surface area (Å²) >= 11 is 0.617. The molecule has 0 fully saturated rings. The van der Waals surface area contributed by atoms with Crippen molar-refractivity contribution in [3.8, 4) is 0 Å². The van der Waals surface area contributed by atoms with Crippen molar-refractivity contribution in [2.24, 2.45) is 0 Å². The fourth-order valence-electron chi connectivity index (χ4n) is 0.410. The van der Waals surface area contributed by atoms with Crippen molar-refractivity contribution in [2.75, 3.05) is 0 Å². The van der Waals surface area contributed by atoms with Crippen molar-refractivity contribution >= 4 is 37.2 Å². The minimum atomic E-state index is 0.278. The maximum absolute atomic E-state index is 10.3. The average molecular weight is 121 g/mol. The molecular weight excluding hydrogens is 115 g/mol. The van der Waals surface area contributed by atoms with Crippen LogP contribution in [0.1, 0.15) is 19.3 Å². The third-order valence-corrected chi connectivity index (χ3v) is 1.31. The van der Waals surface area contributed by atoms with Gasteiger partial charge in [-0.05, 0) is 0 Å². The molecule has 8 heavy (non-hydrogen) atoms. The van der Waals surface area contributed by atoms with Crippen molar-refractivity contribution in [2.45, 2.75) is 19.3 Å². The Labute approximate surface area is 66.1 Å². The summed E-state index contributed by atoms with van der Waals surface area (Å²) in [5.41, 5.74) is 0. The molecule has 0 unspecified atom stereocenters. The zero-order chi connectivity index (χ0) is 6.41. The Morgan fingerprint density at radius 3 is 2.62 bits per heavy atom. The first-order valence-electron chi connectivity index (χ1n) is 2.62. The monoisotopic (exact) mass is 121 g/mol. The van der Waals surface area contributed by atoms with Crippen LogP contribution in [0.5, 0.6) is 0 Å². The zero-order valence-electron chi connectivity index (χ0n) is 4.94. The number of carbonyl (C=O) groups excluding carboxylic acids is 2. The Bertz CT molecular complexity index is 90.4. The second-order valence-corrected chi connectivity index (χ2v) is 2.82. The van der Waals surface area contributed by atoms with Gasteiger partial charge in [0.15, 0.2) is 0 Å². The number of carbonyl (C=O) groups is 1. The van der Waals surface area contributed by atoms with Gasteiger partial charge >= 0.3 is 66.1 Å². The van der Waals surface area contributed by atoms with Gasteiger partial charge in [-0.2, -0.15) is 0 Å². The van der Waals surface area contributed by atoms with E-state index in [4.69, 9.17) is 0 Å². The fraction of sp³-hybridized carbons (Fsp3) is 0.600. The van der Waals surface area contributed by atoms with Gasteiger partial charge in [0, 0.05) is 0 Å². The average Bonchev–Trinajstić information content (AvgIpc) is 1.66. The Kier molecular flexibility index (Phi) is 5.71. The van der Waals surface area contributed by atoms with Crippen LogP contribution in [0.4, 0.5) is 0 Å². The molecule has 1 radical (unpaired) electrons. The van der Waals surface area contributed by atoms with Crippen molar-refractivity contribution in [1.82, 2.24) is 0 Å². The van der Waals surface area contributed by atoms with Crippen LogP contribution in [0.2, 0.25) is 0 Å². The molecule has 0 spiro atoms. The van der Waals surface area contributed by atoms with E-state index in [-0.39, 0.29) is 3.03 Å². The normalized spacial score (nSPS) is 8.75. The van der Waals surface area contributed by atoms with Gasteiger partial charge in [-0.1, -0.05) is 0 Å². The molecule has 0 heterocycles. The third-order valence-electron chi connectivity index (χ3n) is 0.808. The molecule has 0 N–H and O–H groups in total. The van der Waals surface area contributed by atoms with Crippen molar-refractivity contribution in [3.63, 3.8) is 0 Å². The Morgan fingerprint density at radius 1 is 1.62 bits per heavy atom. The summed E-state index contributed by atoms with van der Waals surface area (Å²) in [6, 6.07) is 0. The SMILES string of the molecule is O=[C]CCC[C](=O)[Na]. The minimum absolute atomic E-state index is 0.278. The maximum atomic E-state index is 10.3. The van der Waals surface area contributed by atoms with Crippen LogP contribution in [0.25, 0.3) is 0 Å². The topological polar surface area (TPSA) is 34.1 Å². The van der Waals surface area contributed by atoms with Crippen molar-refractivity contribution in [3.05, 3.63) is 0 Å². The molecule has 0 aromatic rings. The van der Waals surface area contributed by atoms with E-state index in [0.29, 0.717) is 47.2 Å². The van der Waals surface area contributed by atoms with Gasteiger partial charge < -0.3 is 0 Å². The molecule has 0 atom stereocenters. The molecule has 0 aliphatic heterocycles. The molecule has 3 heteroatoms. The first kappa shape index (κ1) is 8.34. The second kappa shape index (κ2) is 5.48. The summed E-state index contributed by atoms with van der Waals surface area (Å²) in [5, 5.41) is 0. The fourth-order valence-corrected chi connectivity index (χ4v) is 0.763. The van der Waals surface area contributed by atoms with E-state index >= 15 is 0 Å². The molecule has 0 amide bonds. The molecule has 0 rings (SSSR count). The summed E-state index contributed by atoms with van der Waals surface area (Å²) in [4.78, 5) is 19.8. The molecule has 2 nitrogen and oxygen atoms in total. The molecule has 0 saturated heterocycles. The van der Waals surface area contributed by atoms with Gasteiger partial charge in [-0.3, -0.25) is 0 Å². The zero-order valence-corrected chi connectivity index (χ0v) is 6.94. The number of hydrogen-bond acceptors (Lipinski definition) is 2. The van der Waals surface area contributed by atoms with Gasteiger partial charge in [-0.15, -0.1) is 0 Å². The Morgan fingerprint density at radius 2 is 2.25 bits per heavy atom.